The quantitative estimate of drug-likeness (QED) is 0.748. The molecule has 1 heterocycles. The van der Waals surface area contributed by atoms with E-state index in [0.717, 1.165) is 37.9 Å². The van der Waals surface area contributed by atoms with Gasteiger partial charge in [-0.2, -0.15) is 0 Å². The van der Waals surface area contributed by atoms with E-state index < -0.39 is 6.04 Å². The van der Waals surface area contributed by atoms with Crippen LogP contribution in [0.4, 0.5) is 0 Å². The zero-order valence-electron chi connectivity index (χ0n) is 16.4. The molecule has 0 saturated carbocycles. The molecule has 5 nitrogen and oxygen atoms in total. The van der Waals surface area contributed by atoms with E-state index in [1.54, 1.807) is 12.1 Å². The molecule has 3 atom stereocenters. The maximum Gasteiger partial charge on any atom is 0.251 e. The van der Waals surface area contributed by atoms with E-state index in [2.05, 4.69) is 10.6 Å². The van der Waals surface area contributed by atoms with Gasteiger partial charge >= 0.3 is 0 Å². The largest absolute Gasteiger partial charge is 0.378 e. The second-order valence-corrected chi connectivity index (χ2v) is 7.68. The number of rotatable bonds is 8. The van der Waals surface area contributed by atoms with Gasteiger partial charge in [0, 0.05) is 18.2 Å². The highest BCUT2D eigenvalue weighted by Crippen LogP contribution is 2.17. The first-order valence-electron chi connectivity index (χ1n) is 9.66. The van der Waals surface area contributed by atoms with Crippen LogP contribution >= 0.6 is 0 Å². The Labute approximate surface area is 156 Å². The summed E-state index contributed by atoms with van der Waals surface area (Å²) in [5.74, 6) is -0.332. The summed E-state index contributed by atoms with van der Waals surface area (Å²) in [5, 5.41) is 5.92. The molecule has 144 valence electrons. The third-order valence-electron chi connectivity index (χ3n) is 4.88. The number of amides is 2. The molecule has 1 aliphatic heterocycles. The molecule has 0 bridgehead atoms. The Hall–Kier alpha value is -1.88. The van der Waals surface area contributed by atoms with Gasteiger partial charge in [0.25, 0.3) is 5.91 Å². The number of hydrogen-bond acceptors (Lipinski definition) is 3. The SMILES string of the molecule is Cc1ccc(C(=O)N[C@H](C(=O)N[C@@H](C)CC[C@@H]2CCCO2)C(C)C)cc1. The minimum Gasteiger partial charge on any atom is -0.378 e. The first-order valence-corrected chi connectivity index (χ1v) is 9.66. The van der Waals surface area contributed by atoms with E-state index in [1.165, 1.54) is 0 Å². The van der Waals surface area contributed by atoms with Crippen LogP contribution in [-0.4, -0.2) is 36.6 Å². The highest BCUT2D eigenvalue weighted by atomic mass is 16.5. The molecular weight excluding hydrogens is 328 g/mol. The van der Waals surface area contributed by atoms with Crippen LogP contribution in [0.3, 0.4) is 0 Å². The Bertz CT molecular complexity index is 592. The zero-order chi connectivity index (χ0) is 19.1. The molecule has 26 heavy (non-hydrogen) atoms. The van der Waals surface area contributed by atoms with Crippen molar-refractivity contribution in [3.8, 4) is 0 Å². The molecule has 2 amide bonds. The van der Waals surface area contributed by atoms with Crippen molar-refractivity contribution in [2.75, 3.05) is 6.61 Å². The third-order valence-corrected chi connectivity index (χ3v) is 4.88. The molecule has 2 rings (SSSR count). The Balaban J connectivity index is 1.87. The van der Waals surface area contributed by atoms with Crippen LogP contribution in [0.5, 0.6) is 0 Å². The summed E-state index contributed by atoms with van der Waals surface area (Å²) in [6.07, 6.45) is 4.42. The minimum absolute atomic E-state index is 0.00904. The number of ether oxygens (including phenoxy) is 1. The lowest BCUT2D eigenvalue weighted by atomic mass is 10.0. The van der Waals surface area contributed by atoms with Crippen LogP contribution in [0, 0.1) is 12.8 Å². The Morgan fingerprint density at radius 3 is 2.42 bits per heavy atom. The molecule has 0 aliphatic carbocycles. The van der Waals surface area contributed by atoms with Gasteiger partial charge in [0.05, 0.1) is 6.10 Å². The fraction of sp³-hybridized carbons (Fsp3) is 0.619. The van der Waals surface area contributed by atoms with E-state index in [-0.39, 0.29) is 23.8 Å². The van der Waals surface area contributed by atoms with E-state index in [0.29, 0.717) is 11.7 Å². The van der Waals surface area contributed by atoms with Crippen LogP contribution in [0.2, 0.25) is 0 Å². The number of aryl methyl sites for hydroxylation is 1. The molecule has 0 aromatic heterocycles. The summed E-state index contributed by atoms with van der Waals surface area (Å²) in [4.78, 5) is 25.1. The number of nitrogens with one attached hydrogen (secondary N) is 2. The number of carbonyl (C=O) groups is 2. The second-order valence-electron chi connectivity index (χ2n) is 7.68. The molecule has 2 N–H and O–H groups in total. The van der Waals surface area contributed by atoms with Crippen molar-refractivity contribution in [1.29, 1.82) is 0 Å². The summed E-state index contributed by atoms with van der Waals surface area (Å²) < 4.78 is 5.63. The van der Waals surface area contributed by atoms with Crippen molar-refractivity contribution in [3.63, 3.8) is 0 Å². The van der Waals surface area contributed by atoms with Crippen molar-refractivity contribution in [1.82, 2.24) is 10.6 Å². The lowest BCUT2D eigenvalue weighted by molar-refractivity contribution is -0.124. The van der Waals surface area contributed by atoms with Gasteiger partial charge in [-0.3, -0.25) is 9.59 Å². The van der Waals surface area contributed by atoms with Gasteiger partial charge in [0.1, 0.15) is 6.04 Å². The third kappa shape index (κ3) is 6.13. The highest BCUT2D eigenvalue weighted by Gasteiger charge is 2.26. The predicted octanol–water partition coefficient (Wildman–Crippen LogP) is 3.21. The summed E-state index contributed by atoms with van der Waals surface area (Å²) >= 11 is 0. The van der Waals surface area contributed by atoms with E-state index in [1.807, 2.05) is 39.8 Å². The average Bonchev–Trinajstić information content (AvgIpc) is 3.11. The van der Waals surface area contributed by atoms with Crippen molar-refractivity contribution in [3.05, 3.63) is 35.4 Å². The first-order chi connectivity index (χ1) is 12.4. The maximum absolute atomic E-state index is 12.7. The van der Waals surface area contributed by atoms with E-state index in [9.17, 15) is 9.59 Å². The van der Waals surface area contributed by atoms with Gasteiger partial charge in [-0.15, -0.1) is 0 Å². The summed E-state index contributed by atoms with van der Waals surface area (Å²) in [6.45, 7) is 8.72. The van der Waals surface area contributed by atoms with Crippen LogP contribution < -0.4 is 10.6 Å². The van der Waals surface area contributed by atoms with Gasteiger partial charge in [-0.25, -0.2) is 0 Å². The molecule has 5 heteroatoms. The Kier molecular flexibility index (Phi) is 7.64. The fourth-order valence-electron chi connectivity index (χ4n) is 3.18. The lowest BCUT2D eigenvalue weighted by Crippen LogP contribution is -2.51. The number of benzene rings is 1. The smallest absolute Gasteiger partial charge is 0.251 e. The first kappa shape index (κ1) is 20.4. The van der Waals surface area contributed by atoms with Gasteiger partial charge in [-0.05, 0) is 57.6 Å². The van der Waals surface area contributed by atoms with Crippen molar-refractivity contribution >= 4 is 11.8 Å². The van der Waals surface area contributed by atoms with Gasteiger partial charge in [0.15, 0.2) is 0 Å². The zero-order valence-corrected chi connectivity index (χ0v) is 16.4. The van der Waals surface area contributed by atoms with Crippen molar-refractivity contribution < 1.29 is 14.3 Å². The molecule has 1 aliphatic rings. The summed E-state index contributed by atoms with van der Waals surface area (Å²) in [7, 11) is 0. The second kappa shape index (κ2) is 9.72. The lowest BCUT2D eigenvalue weighted by Gasteiger charge is -2.24. The van der Waals surface area contributed by atoms with E-state index >= 15 is 0 Å². The van der Waals surface area contributed by atoms with Crippen molar-refractivity contribution in [2.45, 2.75) is 71.6 Å². The molecule has 1 saturated heterocycles. The minimum atomic E-state index is -0.547. The van der Waals surface area contributed by atoms with Crippen LogP contribution in [0.25, 0.3) is 0 Å². The predicted molar refractivity (Wildman–Crippen MR) is 103 cm³/mol. The molecular formula is C21H32N2O3. The maximum atomic E-state index is 12.7. The molecule has 1 fully saturated rings. The average molecular weight is 360 g/mol. The van der Waals surface area contributed by atoms with Crippen LogP contribution in [0.1, 0.15) is 62.4 Å². The molecule has 0 spiro atoms. The van der Waals surface area contributed by atoms with Crippen LogP contribution in [0.15, 0.2) is 24.3 Å². The van der Waals surface area contributed by atoms with Gasteiger partial charge < -0.3 is 15.4 Å². The van der Waals surface area contributed by atoms with Gasteiger partial charge in [-0.1, -0.05) is 31.5 Å². The molecule has 0 radical (unpaired) electrons. The highest BCUT2D eigenvalue weighted by molar-refractivity contribution is 5.97. The van der Waals surface area contributed by atoms with Crippen molar-refractivity contribution in [2.24, 2.45) is 5.92 Å². The monoisotopic (exact) mass is 360 g/mol. The molecule has 1 aromatic carbocycles. The molecule has 1 aromatic rings. The Morgan fingerprint density at radius 1 is 1.15 bits per heavy atom. The topological polar surface area (TPSA) is 67.4 Å². The fourth-order valence-corrected chi connectivity index (χ4v) is 3.18. The van der Waals surface area contributed by atoms with Gasteiger partial charge in [0.2, 0.25) is 5.91 Å². The molecule has 0 unspecified atom stereocenters. The summed E-state index contributed by atoms with van der Waals surface area (Å²) in [5.41, 5.74) is 1.67. The standard InChI is InChI=1S/C21H32N2O3/c1-14(2)19(23-20(24)17-10-7-15(3)8-11-17)21(25)22-16(4)9-12-18-6-5-13-26-18/h7-8,10-11,14,16,18-19H,5-6,9,12-13H2,1-4H3,(H,22,25)(H,23,24)/t16-,18-,19-/m0/s1. The normalized spacial score (nSPS) is 19.2. The van der Waals surface area contributed by atoms with E-state index in [4.69, 9.17) is 4.74 Å². The van der Waals surface area contributed by atoms with Crippen LogP contribution in [-0.2, 0) is 9.53 Å². The number of hydrogen-bond donors (Lipinski definition) is 2. The summed E-state index contributed by atoms with van der Waals surface area (Å²) in [6, 6.07) is 6.87. The Morgan fingerprint density at radius 2 is 1.85 bits per heavy atom. The number of carbonyl (C=O) groups excluding carboxylic acids is 2.